The van der Waals surface area contributed by atoms with Crippen molar-refractivity contribution in [2.75, 3.05) is 23.8 Å². The van der Waals surface area contributed by atoms with E-state index in [1.54, 1.807) is 69.3 Å². The first kappa shape index (κ1) is 35.1. The molecule has 3 N–H and O–H groups in total. The fourth-order valence-electron chi connectivity index (χ4n) is 5.40. The second kappa shape index (κ2) is 14.3. The van der Waals surface area contributed by atoms with Gasteiger partial charge in [0.25, 0.3) is 0 Å². The van der Waals surface area contributed by atoms with Crippen molar-refractivity contribution in [3.63, 3.8) is 0 Å². The van der Waals surface area contributed by atoms with Crippen LogP contribution in [0.4, 0.5) is 20.6 Å². The number of carbonyl (C=O) groups excluding carboxylic acids is 4. The third-order valence-corrected chi connectivity index (χ3v) is 8.48. The van der Waals surface area contributed by atoms with Crippen molar-refractivity contribution in [3.05, 3.63) is 84.8 Å². The van der Waals surface area contributed by atoms with E-state index < -0.39 is 46.3 Å². The molecule has 51 heavy (non-hydrogen) atoms. The van der Waals surface area contributed by atoms with E-state index >= 15 is 4.39 Å². The number of fused-ring (bicyclic) bond motifs is 1. The van der Waals surface area contributed by atoms with E-state index in [0.717, 1.165) is 6.07 Å². The van der Waals surface area contributed by atoms with Gasteiger partial charge in [0, 0.05) is 41.5 Å². The van der Waals surface area contributed by atoms with Crippen LogP contribution in [-0.4, -0.2) is 53.2 Å². The molecule has 12 nitrogen and oxygen atoms in total. The van der Waals surface area contributed by atoms with Crippen LogP contribution in [-0.2, 0) is 23.9 Å². The highest BCUT2D eigenvalue weighted by Gasteiger charge is 2.56. The predicted octanol–water partition coefficient (Wildman–Crippen LogP) is 6.89. The number of hydrogen-bond acceptors (Lipinski definition) is 9. The Morgan fingerprint density at radius 3 is 2.24 bits per heavy atom. The monoisotopic (exact) mass is 698 g/mol. The van der Waals surface area contributed by atoms with Gasteiger partial charge in [0.05, 0.1) is 12.1 Å². The molecule has 2 saturated carbocycles. The van der Waals surface area contributed by atoms with Crippen molar-refractivity contribution in [1.82, 2.24) is 10.3 Å². The maximum atomic E-state index is 15.2. The summed E-state index contributed by atoms with van der Waals surface area (Å²) in [4.78, 5) is 54.4. The molecule has 2 aliphatic rings. The molecule has 2 fully saturated rings. The van der Waals surface area contributed by atoms with Crippen LogP contribution in [0.2, 0.25) is 0 Å². The number of para-hydroxylation sites is 1. The van der Waals surface area contributed by atoms with Crippen LogP contribution in [0.5, 0.6) is 17.2 Å². The summed E-state index contributed by atoms with van der Waals surface area (Å²) in [5.74, 6) is -1.31. The van der Waals surface area contributed by atoms with Crippen LogP contribution in [0.1, 0.15) is 52.9 Å². The normalized spacial score (nSPS) is 15.2. The zero-order chi connectivity index (χ0) is 36.2. The van der Waals surface area contributed by atoms with E-state index in [4.69, 9.17) is 18.9 Å². The maximum absolute atomic E-state index is 15.2. The summed E-state index contributed by atoms with van der Waals surface area (Å²) >= 11 is 0. The molecule has 13 heteroatoms. The summed E-state index contributed by atoms with van der Waals surface area (Å²) in [6.07, 6.45) is 3.51. The third kappa shape index (κ3) is 8.91. The lowest BCUT2D eigenvalue weighted by Crippen LogP contribution is -2.37. The Balaban J connectivity index is 1.01. The fourth-order valence-corrected chi connectivity index (χ4v) is 5.40. The van der Waals surface area contributed by atoms with Crippen LogP contribution >= 0.6 is 0 Å². The highest BCUT2D eigenvalue weighted by molar-refractivity contribution is 6.16. The Morgan fingerprint density at radius 2 is 1.57 bits per heavy atom. The summed E-state index contributed by atoms with van der Waals surface area (Å²) in [7, 11) is 0. The van der Waals surface area contributed by atoms with Gasteiger partial charge in [-0.1, -0.05) is 18.2 Å². The van der Waals surface area contributed by atoms with Crippen LogP contribution < -0.4 is 25.4 Å². The van der Waals surface area contributed by atoms with E-state index in [9.17, 15) is 19.2 Å². The number of anilines is 2. The first-order valence-corrected chi connectivity index (χ1v) is 16.7. The van der Waals surface area contributed by atoms with Gasteiger partial charge in [-0.2, -0.15) is 0 Å². The van der Waals surface area contributed by atoms with Crippen molar-refractivity contribution >= 4 is 46.2 Å². The Hall–Kier alpha value is -5.72. The molecule has 0 atom stereocenters. The molecule has 0 spiro atoms. The van der Waals surface area contributed by atoms with E-state index in [0.29, 0.717) is 60.2 Å². The van der Waals surface area contributed by atoms with Crippen molar-refractivity contribution in [2.24, 2.45) is 5.41 Å². The Labute approximate surface area is 294 Å². The Bertz CT molecular complexity index is 1950. The van der Waals surface area contributed by atoms with E-state index in [1.165, 1.54) is 18.3 Å². The predicted molar refractivity (Wildman–Crippen MR) is 186 cm³/mol. The number of nitrogens with one attached hydrogen (secondary N) is 3. The second-order valence-corrected chi connectivity index (χ2v) is 13.7. The molecule has 1 aromatic heterocycles. The average Bonchev–Trinajstić information content (AvgIpc) is 4.02. The minimum atomic E-state index is -1.20. The summed E-state index contributed by atoms with van der Waals surface area (Å²) in [5.41, 5.74) is -1.15. The lowest BCUT2D eigenvalue weighted by Gasteiger charge is -2.20. The van der Waals surface area contributed by atoms with Gasteiger partial charge < -0.3 is 34.9 Å². The Kier molecular flexibility index (Phi) is 9.82. The largest absolute Gasteiger partial charge is 0.493 e. The molecule has 4 aromatic rings. The fraction of sp³-hybridized carbons (Fsp3) is 0.342. The number of amides is 3. The van der Waals surface area contributed by atoms with Crippen LogP contribution in [0.15, 0.2) is 79.0 Å². The number of alkyl carbamates (subject to hydrolysis) is 1. The molecule has 266 valence electrons. The molecule has 6 rings (SSSR count). The molecule has 3 aromatic carbocycles. The maximum Gasteiger partial charge on any atom is 0.408 e. The zero-order valence-corrected chi connectivity index (χ0v) is 28.5. The molecular weight excluding hydrogens is 659 g/mol. The quantitative estimate of drug-likeness (QED) is 0.100. The standard InChI is InChI=1S/C38H39FN4O8/c1-36(2,3)51-35(47)41-23-32(44)50-37(14-15-37)18-20-48-26-10-11-27-29(22-26)40-19-13-30(27)49-31-12-9-25(21-28(31)39)43-34(46)38(16-17-38)33(45)42-24-7-5-4-6-8-24/h4-13,19,21-22H,14-18,20,23H2,1-3H3,(H,41,47)(H,42,45)(H,43,46). The van der Waals surface area contributed by atoms with E-state index in [-0.39, 0.29) is 24.6 Å². The summed E-state index contributed by atoms with van der Waals surface area (Å²) < 4.78 is 37.8. The lowest BCUT2D eigenvalue weighted by molar-refractivity contribution is -0.150. The minimum Gasteiger partial charge on any atom is -0.493 e. The van der Waals surface area contributed by atoms with Gasteiger partial charge in [-0.3, -0.25) is 19.4 Å². The number of halogens is 1. The number of nitrogens with zero attached hydrogens (tertiary/aromatic N) is 1. The van der Waals surface area contributed by atoms with Crippen molar-refractivity contribution in [3.8, 4) is 17.2 Å². The SMILES string of the molecule is CC(C)(C)OC(=O)NCC(=O)OC1(CCOc2ccc3c(Oc4ccc(NC(=O)C5(C(=O)Nc6ccccc6)CC5)cc4F)ccnc3c2)CC1. The molecule has 0 unspecified atom stereocenters. The van der Waals surface area contributed by atoms with Crippen LogP contribution in [0.3, 0.4) is 0 Å². The van der Waals surface area contributed by atoms with Crippen molar-refractivity contribution in [2.45, 2.75) is 64.1 Å². The highest BCUT2D eigenvalue weighted by atomic mass is 19.1. The number of carbonyl (C=O) groups is 4. The lowest BCUT2D eigenvalue weighted by atomic mass is 10.0. The highest BCUT2D eigenvalue weighted by Crippen LogP contribution is 2.48. The van der Waals surface area contributed by atoms with Gasteiger partial charge in [0.2, 0.25) is 11.8 Å². The van der Waals surface area contributed by atoms with Gasteiger partial charge in [0.1, 0.15) is 34.7 Å². The number of hydrogen-bond donors (Lipinski definition) is 3. The van der Waals surface area contributed by atoms with Crippen molar-refractivity contribution < 1.29 is 42.5 Å². The van der Waals surface area contributed by atoms with Crippen LogP contribution in [0, 0.1) is 11.2 Å². The van der Waals surface area contributed by atoms with Gasteiger partial charge in [-0.05, 0) is 88.9 Å². The average molecular weight is 699 g/mol. The summed E-state index contributed by atoms with van der Waals surface area (Å²) in [6.45, 7) is 5.18. The van der Waals surface area contributed by atoms with Gasteiger partial charge >= 0.3 is 12.1 Å². The summed E-state index contributed by atoms with van der Waals surface area (Å²) in [5, 5.41) is 8.47. The number of pyridine rings is 1. The molecule has 0 saturated heterocycles. The molecule has 0 aliphatic heterocycles. The zero-order valence-electron chi connectivity index (χ0n) is 28.5. The molecule has 3 amide bonds. The van der Waals surface area contributed by atoms with Crippen LogP contribution in [0.25, 0.3) is 10.9 Å². The summed E-state index contributed by atoms with van der Waals surface area (Å²) in [6, 6.07) is 19.8. The first-order valence-electron chi connectivity index (χ1n) is 16.7. The van der Waals surface area contributed by atoms with Gasteiger partial charge in [-0.15, -0.1) is 0 Å². The van der Waals surface area contributed by atoms with E-state index in [2.05, 4.69) is 20.9 Å². The smallest absolute Gasteiger partial charge is 0.408 e. The van der Waals surface area contributed by atoms with Gasteiger partial charge in [0.15, 0.2) is 11.6 Å². The third-order valence-electron chi connectivity index (χ3n) is 8.48. The molecule has 1 heterocycles. The minimum absolute atomic E-state index is 0.0608. The van der Waals surface area contributed by atoms with E-state index in [1.807, 2.05) is 6.07 Å². The second-order valence-electron chi connectivity index (χ2n) is 13.7. The molecular formula is C38H39FN4O8. The van der Waals surface area contributed by atoms with Crippen molar-refractivity contribution in [1.29, 1.82) is 0 Å². The topological polar surface area (TPSA) is 154 Å². The number of benzene rings is 3. The number of esters is 1. The molecule has 0 radical (unpaired) electrons. The first-order chi connectivity index (χ1) is 24.3. The number of aromatic nitrogens is 1. The molecule has 2 aliphatic carbocycles. The number of ether oxygens (including phenoxy) is 4. The van der Waals surface area contributed by atoms with Gasteiger partial charge in [-0.25, -0.2) is 9.18 Å². The molecule has 0 bridgehead atoms. The number of rotatable bonds is 13. The Morgan fingerprint density at radius 1 is 0.843 bits per heavy atom.